The molecule has 5 aromatic rings. The van der Waals surface area contributed by atoms with Crippen LogP contribution in [0.1, 0.15) is 0 Å². The van der Waals surface area contributed by atoms with Crippen molar-refractivity contribution in [3.05, 3.63) is 91.5 Å². The molecule has 35 heavy (non-hydrogen) atoms. The molecule has 0 fully saturated rings. The number of benzene rings is 3. The van der Waals surface area contributed by atoms with Crippen LogP contribution in [0.15, 0.2) is 101 Å². The molecule has 0 aliphatic heterocycles. The molecular formula is C26H21N5OS3. The Morgan fingerprint density at radius 2 is 1.77 bits per heavy atom. The Balaban J connectivity index is 1.29. The maximum Gasteiger partial charge on any atom is 0.234 e. The highest BCUT2D eigenvalue weighted by Gasteiger charge is 2.15. The molecule has 2 heterocycles. The number of thiazole rings is 1. The maximum atomic E-state index is 12.7. The highest BCUT2D eigenvalue weighted by atomic mass is 32.2. The van der Waals surface area contributed by atoms with E-state index in [1.807, 2.05) is 89.6 Å². The van der Waals surface area contributed by atoms with Crippen LogP contribution < -0.4 is 5.32 Å². The zero-order valence-electron chi connectivity index (χ0n) is 18.6. The average Bonchev–Trinajstić information content (AvgIpc) is 3.51. The Kier molecular flexibility index (Phi) is 7.27. The van der Waals surface area contributed by atoms with E-state index in [-0.39, 0.29) is 11.7 Å². The van der Waals surface area contributed by atoms with Gasteiger partial charge in [0.1, 0.15) is 0 Å². The number of carbonyl (C=O) groups is 1. The minimum absolute atomic E-state index is 0.113. The molecule has 0 bridgehead atoms. The molecule has 1 N–H and O–H groups in total. The second-order valence-corrected chi connectivity index (χ2v) is 10.7. The molecule has 0 unspecified atom stereocenters. The molecule has 6 nitrogen and oxygen atoms in total. The Morgan fingerprint density at radius 3 is 2.54 bits per heavy atom. The third-order valence-electron chi connectivity index (χ3n) is 4.93. The van der Waals surface area contributed by atoms with Crippen molar-refractivity contribution in [2.24, 2.45) is 0 Å². The lowest BCUT2D eigenvalue weighted by Gasteiger charge is -2.05. The van der Waals surface area contributed by atoms with Crippen LogP contribution in [-0.2, 0) is 4.79 Å². The van der Waals surface area contributed by atoms with Crippen molar-refractivity contribution in [3.8, 4) is 17.1 Å². The van der Waals surface area contributed by atoms with Gasteiger partial charge in [-0.2, -0.15) is 0 Å². The van der Waals surface area contributed by atoms with Crippen LogP contribution >= 0.6 is 34.9 Å². The molecule has 0 saturated carbocycles. The lowest BCUT2D eigenvalue weighted by molar-refractivity contribution is -0.113. The first-order chi connectivity index (χ1) is 17.2. The number of thioether (sulfide) groups is 2. The van der Waals surface area contributed by atoms with Gasteiger partial charge in [-0.1, -0.05) is 78.1 Å². The van der Waals surface area contributed by atoms with E-state index in [1.54, 1.807) is 23.1 Å². The number of para-hydroxylation sites is 1. The summed E-state index contributed by atoms with van der Waals surface area (Å²) in [5.74, 6) is 1.65. The molecule has 3 aromatic carbocycles. The average molecular weight is 516 g/mol. The Labute approximate surface area is 215 Å². The summed E-state index contributed by atoms with van der Waals surface area (Å²) in [4.78, 5) is 22.0. The van der Waals surface area contributed by atoms with Gasteiger partial charge in [-0.15, -0.1) is 23.0 Å². The summed E-state index contributed by atoms with van der Waals surface area (Å²) in [7, 11) is 0. The molecule has 174 valence electrons. The SMILES string of the molecule is C=CCSc1nc2ccc(NC(=O)CSc3nc(-c4ccccc4)n(-c4ccccc4)n3)cc2s1. The van der Waals surface area contributed by atoms with E-state index >= 15 is 0 Å². The lowest BCUT2D eigenvalue weighted by atomic mass is 10.2. The van der Waals surface area contributed by atoms with Crippen LogP contribution in [-0.4, -0.2) is 37.2 Å². The lowest BCUT2D eigenvalue weighted by Crippen LogP contribution is -2.14. The van der Waals surface area contributed by atoms with Crippen LogP contribution in [0.5, 0.6) is 0 Å². The number of anilines is 1. The van der Waals surface area contributed by atoms with Gasteiger partial charge in [0.05, 0.1) is 21.7 Å². The first-order valence-electron chi connectivity index (χ1n) is 10.8. The van der Waals surface area contributed by atoms with Crippen molar-refractivity contribution in [2.75, 3.05) is 16.8 Å². The second-order valence-electron chi connectivity index (χ2n) is 7.43. The normalized spacial score (nSPS) is 11.0. The fourth-order valence-electron chi connectivity index (χ4n) is 3.38. The zero-order valence-corrected chi connectivity index (χ0v) is 21.1. The van der Waals surface area contributed by atoms with Gasteiger partial charge in [0.2, 0.25) is 11.1 Å². The van der Waals surface area contributed by atoms with Crippen LogP contribution in [0.4, 0.5) is 5.69 Å². The number of rotatable bonds is 9. The molecule has 0 aliphatic carbocycles. The third kappa shape index (κ3) is 5.64. The zero-order chi connectivity index (χ0) is 24.0. The molecule has 0 aliphatic rings. The molecule has 0 spiro atoms. The Hall–Kier alpha value is -3.40. The predicted octanol–water partition coefficient (Wildman–Crippen LogP) is 6.55. The van der Waals surface area contributed by atoms with Gasteiger partial charge in [-0.05, 0) is 30.3 Å². The van der Waals surface area contributed by atoms with E-state index in [2.05, 4.69) is 22.0 Å². The number of amides is 1. The van der Waals surface area contributed by atoms with Gasteiger partial charge in [0, 0.05) is 17.0 Å². The van der Waals surface area contributed by atoms with Crippen molar-refractivity contribution < 1.29 is 4.79 Å². The molecule has 0 saturated heterocycles. The smallest absolute Gasteiger partial charge is 0.234 e. The summed E-state index contributed by atoms with van der Waals surface area (Å²) in [5.41, 5.74) is 3.56. The summed E-state index contributed by atoms with van der Waals surface area (Å²) in [6, 6.07) is 25.6. The predicted molar refractivity (Wildman–Crippen MR) is 147 cm³/mol. The summed E-state index contributed by atoms with van der Waals surface area (Å²) in [6.45, 7) is 3.75. The van der Waals surface area contributed by atoms with Gasteiger partial charge in [0.25, 0.3) is 0 Å². The molecule has 0 atom stereocenters. The first-order valence-corrected chi connectivity index (χ1v) is 13.6. The van der Waals surface area contributed by atoms with Gasteiger partial charge in [-0.3, -0.25) is 4.79 Å². The van der Waals surface area contributed by atoms with E-state index in [4.69, 9.17) is 4.98 Å². The molecule has 0 radical (unpaired) electrons. The van der Waals surface area contributed by atoms with Gasteiger partial charge < -0.3 is 5.32 Å². The standard InChI is InChI=1S/C26H21N5OS3/c1-2-15-33-26-28-21-14-13-19(16-22(21)35-26)27-23(32)17-34-25-29-24(18-9-5-3-6-10-18)31(30-25)20-11-7-4-8-12-20/h2-14,16H,1,15,17H2,(H,27,32). The number of fused-ring (bicyclic) bond motifs is 1. The number of carbonyl (C=O) groups excluding carboxylic acids is 1. The highest BCUT2D eigenvalue weighted by molar-refractivity contribution is 8.01. The number of hydrogen-bond acceptors (Lipinski definition) is 7. The largest absolute Gasteiger partial charge is 0.325 e. The fraction of sp³-hybridized carbons (Fsp3) is 0.0769. The summed E-state index contributed by atoms with van der Waals surface area (Å²) in [6.07, 6.45) is 1.86. The van der Waals surface area contributed by atoms with Crippen LogP contribution in [0.3, 0.4) is 0 Å². The van der Waals surface area contributed by atoms with E-state index in [0.29, 0.717) is 5.16 Å². The summed E-state index contributed by atoms with van der Waals surface area (Å²) >= 11 is 4.58. The quantitative estimate of drug-likeness (QED) is 0.177. The van der Waals surface area contributed by atoms with E-state index in [9.17, 15) is 4.79 Å². The molecular weight excluding hydrogens is 495 g/mol. The van der Waals surface area contributed by atoms with Crippen molar-refractivity contribution in [1.82, 2.24) is 19.7 Å². The molecule has 9 heteroatoms. The highest BCUT2D eigenvalue weighted by Crippen LogP contribution is 2.31. The first kappa shape index (κ1) is 23.3. The second kappa shape index (κ2) is 10.9. The molecule has 1 amide bonds. The summed E-state index contributed by atoms with van der Waals surface area (Å²) < 4.78 is 3.85. The van der Waals surface area contributed by atoms with E-state index in [1.165, 1.54) is 11.8 Å². The van der Waals surface area contributed by atoms with Gasteiger partial charge >= 0.3 is 0 Å². The van der Waals surface area contributed by atoms with Crippen molar-refractivity contribution in [3.63, 3.8) is 0 Å². The minimum Gasteiger partial charge on any atom is -0.325 e. The summed E-state index contributed by atoms with van der Waals surface area (Å²) in [5, 5.41) is 8.20. The van der Waals surface area contributed by atoms with Crippen LogP contribution in [0.2, 0.25) is 0 Å². The monoisotopic (exact) mass is 515 g/mol. The number of aromatic nitrogens is 4. The molecule has 2 aromatic heterocycles. The third-order valence-corrected chi connectivity index (χ3v) is 7.92. The number of hydrogen-bond donors (Lipinski definition) is 1. The number of nitrogens with zero attached hydrogens (tertiary/aromatic N) is 4. The number of nitrogens with one attached hydrogen (secondary N) is 1. The van der Waals surface area contributed by atoms with Crippen LogP contribution in [0.25, 0.3) is 27.3 Å². The van der Waals surface area contributed by atoms with E-state index in [0.717, 1.165) is 43.1 Å². The van der Waals surface area contributed by atoms with Crippen molar-refractivity contribution in [1.29, 1.82) is 0 Å². The van der Waals surface area contributed by atoms with Crippen LogP contribution in [0, 0.1) is 0 Å². The van der Waals surface area contributed by atoms with Gasteiger partial charge in [-0.25, -0.2) is 14.6 Å². The Morgan fingerprint density at radius 1 is 1.00 bits per heavy atom. The van der Waals surface area contributed by atoms with Gasteiger partial charge in [0.15, 0.2) is 10.2 Å². The topological polar surface area (TPSA) is 72.7 Å². The Bertz CT molecular complexity index is 1410. The van der Waals surface area contributed by atoms with E-state index < -0.39 is 0 Å². The molecule has 5 rings (SSSR count). The fourth-order valence-corrected chi connectivity index (χ4v) is 5.87. The van der Waals surface area contributed by atoms with Crippen molar-refractivity contribution >= 4 is 56.7 Å². The maximum absolute atomic E-state index is 12.7. The minimum atomic E-state index is -0.113. The van der Waals surface area contributed by atoms with Crippen molar-refractivity contribution in [2.45, 2.75) is 9.50 Å².